The Bertz CT molecular complexity index is 1520. The normalized spacial score (nSPS) is 16.2. The van der Waals surface area contributed by atoms with E-state index in [-0.39, 0.29) is 23.0 Å². The van der Waals surface area contributed by atoms with Crippen molar-refractivity contribution in [2.75, 3.05) is 48.8 Å². The Morgan fingerprint density at radius 3 is 2.21 bits per heavy atom. The fraction of sp³-hybridized carbons (Fsp3) is 0.385. The Hall–Kier alpha value is -3.90. The van der Waals surface area contributed by atoms with Crippen molar-refractivity contribution in [2.45, 2.75) is 12.5 Å². The van der Waals surface area contributed by atoms with E-state index in [1.54, 1.807) is 26.3 Å². The second kappa shape index (κ2) is 9.76. The summed E-state index contributed by atoms with van der Waals surface area (Å²) in [5, 5.41) is 11.4. The summed E-state index contributed by atoms with van der Waals surface area (Å²) < 4.78 is 36.4. The van der Waals surface area contributed by atoms with Crippen molar-refractivity contribution in [2.24, 2.45) is 7.05 Å². The predicted molar refractivity (Wildman–Crippen MR) is 140 cm³/mol. The van der Waals surface area contributed by atoms with Crippen LogP contribution in [0.2, 0.25) is 0 Å². The van der Waals surface area contributed by atoms with Gasteiger partial charge in [0.25, 0.3) is 5.56 Å². The van der Waals surface area contributed by atoms with E-state index in [2.05, 4.69) is 0 Å². The van der Waals surface area contributed by atoms with Gasteiger partial charge in [-0.05, 0) is 37.3 Å². The molecule has 0 unspecified atom stereocenters. The van der Waals surface area contributed by atoms with Crippen LogP contribution >= 0.6 is 12.2 Å². The van der Waals surface area contributed by atoms with Crippen LogP contribution in [0.4, 0.5) is 0 Å². The Morgan fingerprint density at radius 2 is 1.61 bits per heavy atom. The molecule has 2 aliphatic rings. The standard InChI is InChI=1S/C26H29N3O8S/c1-27-8-7-13-9-17-22(37-12-36-17)23(35-6)18(13)20(27)19-24(30)28(2)26(38)29(25(19)31)14-10-15(32-3)21(34-5)16(11-14)33-4/h9-11,20,30H,7-8,12H2,1-6H3/t20-/m1/s1. The summed E-state index contributed by atoms with van der Waals surface area (Å²) in [7, 11) is 9.52. The molecule has 5 rings (SSSR count). The van der Waals surface area contributed by atoms with Crippen LogP contribution in [0, 0.1) is 4.77 Å². The van der Waals surface area contributed by atoms with Crippen molar-refractivity contribution in [1.82, 2.24) is 14.0 Å². The molecule has 0 aliphatic carbocycles. The molecule has 3 aromatic rings. The Balaban J connectivity index is 1.82. The number of hydrogen-bond acceptors (Lipinski definition) is 10. The monoisotopic (exact) mass is 543 g/mol. The molecule has 1 atom stereocenters. The first-order chi connectivity index (χ1) is 18.3. The first kappa shape index (κ1) is 25.7. The largest absolute Gasteiger partial charge is 0.494 e. The van der Waals surface area contributed by atoms with E-state index in [4.69, 9.17) is 40.6 Å². The lowest BCUT2D eigenvalue weighted by atomic mass is 9.87. The number of aromatic hydroxyl groups is 1. The SMILES string of the molecule is COc1cc(-n2c(=O)c([C@H]3c4c(cc5c(c4OC)OCO5)CCN3C)c(O)n(C)c2=S)cc(OC)c1OC. The van der Waals surface area contributed by atoms with Crippen molar-refractivity contribution in [3.05, 3.63) is 50.0 Å². The highest BCUT2D eigenvalue weighted by Crippen LogP contribution is 2.51. The van der Waals surface area contributed by atoms with Gasteiger partial charge < -0.3 is 33.5 Å². The van der Waals surface area contributed by atoms with Gasteiger partial charge >= 0.3 is 0 Å². The number of fused-ring (bicyclic) bond motifs is 2. The van der Waals surface area contributed by atoms with Gasteiger partial charge in [-0.2, -0.15) is 0 Å². The molecular formula is C26H29N3O8S. The average Bonchev–Trinajstić information content (AvgIpc) is 3.39. The molecule has 202 valence electrons. The number of rotatable bonds is 6. The van der Waals surface area contributed by atoms with Crippen molar-refractivity contribution < 1.29 is 33.5 Å². The maximum absolute atomic E-state index is 14.3. The van der Waals surface area contributed by atoms with Crippen LogP contribution in [0.5, 0.6) is 40.4 Å². The summed E-state index contributed by atoms with van der Waals surface area (Å²) in [5.74, 6) is 2.38. The van der Waals surface area contributed by atoms with Crippen LogP contribution in [0.25, 0.3) is 5.69 Å². The van der Waals surface area contributed by atoms with Gasteiger partial charge in [-0.1, -0.05) is 0 Å². The van der Waals surface area contributed by atoms with Crippen LogP contribution in [0.1, 0.15) is 22.7 Å². The molecular weight excluding hydrogens is 514 g/mol. The minimum atomic E-state index is -0.661. The van der Waals surface area contributed by atoms with Crippen LogP contribution in [0.15, 0.2) is 23.0 Å². The summed E-state index contributed by atoms with van der Waals surface area (Å²) in [6.07, 6.45) is 0.697. The third-order valence-electron chi connectivity index (χ3n) is 7.05. The lowest BCUT2D eigenvalue weighted by Gasteiger charge is -2.36. The van der Waals surface area contributed by atoms with E-state index in [1.165, 1.54) is 30.5 Å². The van der Waals surface area contributed by atoms with Gasteiger partial charge in [-0.15, -0.1) is 0 Å². The maximum Gasteiger partial charge on any atom is 0.267 e. The zero-order valence-corrected chi connectivity index (χ0v) is 22.8. The molecule has 0 spiro atoms. The molecule has 38 heavy (non-hydrogen) atoms. The molecule has 0 saturated heterocycles. The minimum absolute atomic E-state index is 0.0773. The summed E-state index contributed by atoms with van der Waals surface area (Å²) in [6, 6.07) is 4.52. The molecule has 0 amide bonds. The summed E-state index contributed by atoms with van der Waals surface area (Å²) >= 11 is 5.63. The first-order valence-corrected chi connectivity index (χ1v) is 12.2. The van der Waals surface area contributed by atoms with Crippen molar-refractivity contribution in [3.8, 4) is 46.1 Å². The second-order valence-corrected chi connectivity index (χ2v) is 9.32. The van der Waals surface area contributed by atoms with Gasteiger partial charge in [0.1, 0.15) is 0 Å². The minimum Gasteiger partial charge on any atom is -0.494 e. The number of likely N-dealkylation sites (N-methyl/N-ethyl adjacent to an activating group) is 1. The van der Waals surface area contributed by atoms with Gasteiger partial charge in [0.2, 0.25) is 24.2 Å². The van der Waals surface area contributed by atoms with E-state index in [9.17, 15) is 9.90 Å². The highest BCUT2D eigenvalue weighted by molar-refractivity contribution is 7.71. The summed E-state index contributed by atoms with van der Waals surface area (Å²) in [6.45, 7) is 0.705. The fourth-order valence-electron chi connectivity index (χ4n) is 5.19. The quantitative estimate of drug-likeness (QED) is 0.467. The number of aromatic nitrogens is 2. The molecule has 0 fully saturated rings. The van der Waals surface area contributed by atoms with Gasteiger partial charge in [-0.25, -0.2) is 0 Å². The van der Waals surface area contributed by atoms with Crippen LogP contribution in [0.3, 0.4) is 0 Å². The van der Waals surface area contributed by atoms with Gasteiger partial charge in [0.05, 0.1) is 45.7 Å². The Labute approximate surface area is 224 Å². The zero-order valence-electron chi connectivity index (χ0n) is 22.0. The molecule has 11 nitrogen and oxygen atoms in total. The molecule has 2 aromatic carbocycles. The number of nitrogens with zero attached hydrogens (tertiary/aromatic N) is 3. The van der Waals surface area contributed by atoms with Crippen molar-refractivity contribution in [1.29, 1.82) is 0 Å². The predicted octanol–water partition coefficient (Wildman–Crippen LogP) is 2.95. The number of ether oxygens (including phenoxy) is 6. The highest BCUT2D eigenvalue weighted by atomic mass is 32.1. The topological polar surface area (TPSA) is 106 Å². The van der Waals surface area contributed by atoms with E-state index in [0.29, 0.717) is 53.2 Å². The van der Waals surface area contributed by atoms with Gasteiger partial charge in [-0.3, -0.25) is 18.8 Å². The summed E-state index contributed by atoms with van der Waals surface area (Å²) in [5.41, 5.74) is 1.70. The second-order valence-electron chi connectivity index (χ2n) is 8.95. The molecule has 0 radical (unpaired) electrons. The van der Waals surface area contributed by atoms with Crippen LogP contribution in [-0.4, -0.2) is 68.0 Å². The van der Waals surface area contributed by atoms with Gasteiger partial charge in [0.15, 0.2) is 27.8 Å². The molecule has 0 bridgehead atoms. The van der Waals surface area contributed by atoms with Crippen molar-refractivity contribution >= 4 is 12.2 Å². The van der Waals surface area contributed by atoms with E-state index in [0.717, 1.165) is 11.1 Å². The van der Waals surface area contributed by atoms with Gasteiger partial charge in [0, 0.05) is 31.3 Å². The smallest absolute Gasteiger partial charge is 0.267 e. The first-order valence-electron chi connectivity index (χ1n) is 11.8. The lowest BCUT2D eigenvalue weighted by molar-refractivity contribution is 0.170. The number of methoxy groups -OCH3 is 4. The van der Waals surface area contributed by atoms with E-state index >= 15 is 0 Å². The Kier molecular flexibility index (Phi) is 6.61. The molecule has 2 aliphatic heterocycles. The zero-order chi connectivity index (χ0) is 27.3. The average molecular weight is 544 g/mol. The highest BCUT2D eigenvalue weighted by Gasteiger charge is 2.38. The van der Waals surface area contributed by atoms with Crippen LogP contribution < -0.4 is 34.0 Å². The maximum atomic E-state index is 14.3. The van der Waals surface area contributed by atoms with Crippen LogP contribution in [-0.2, 0) is 13.5 Å². The summed E-state index contributed by atoms with van der Waals surface area (Å²) in [4.78, 5) is 16.3. The molecule has 1 aromatic heterocycles. The molecule has 12 heteroatoms. The fourth-order valence-corrected chi connectivity index (χ4v) is 5.46. The lowest BCUT2D eigenvalue weighted by Crippen LogP contribution is -2.38. The third-order valence-corrected chi connectivity index (χ3v) is 7.50. The van der Waals surface area contributed by atoms with E-state index < -0.39 is 11.6 Å². The van der Waals surface area contributed by atoms with E-state index in [1.807, 2.05) is 18.0 Å². The molecule has 0 saturated carbocycles. The molecule has 1 N–H and O–H groups in total. The number of hydrogen-bond donors (Lipinski definition) is 1. The number of benzene rings is 2. The Morgan fingerprint density at radius 1 is 0.947 bits per heavy atom. The third kappa shape index (κ3) is 3.74. The molecule has 3 heterocycles. The van der Waals surface area contributed by atoms with Crippen molar-refractivity contribution in [3.63, 3.8) is 0 Å².